The maximum absolute atomic E-state index is 12.1. The lowest BCUT2D eigenvalue weighted by Crippen LogP contribution is -2.14. The number of nitrogens with one attached hydrogen (secondary N) is 2. The van der Waals surface area contributed by atoms with Gasteiger partial charge < -0.3 is 10.6 Å². The molecule has 0 spiro atoms. The highest BCUT2D eigenvalue weighted by molar-refractivity contribution is 6.02. The molecule has 0 atom stereocenters. The zero-order chi connectivity index (χ0) is 16.0. The van der Waals surface area contributed by atoms with E-state index in [-0.39, 0.29) is 23.5 Å². The van der Waals surface area contributed by atoms with E-state index in [1.54, 1.807) is 32.0 Å². The number of benzene rings is 1. The lowest BCUT2D eigenvalue weighted by Gasteiger charge is -2.12. The van der Waals surface area contributed by atoms with Crippen LogP contribution in [0.3, 0.4) is 0 Å². The smallest absolute Gasteiger partial charge is 0.224 e. The molecule has 1 aromatic carbocycles. The van der Waals surface area contributed by atoms with Crippen LogP contribution in [0, 0.1) is 5.92 Å². The summed E-state index contributed by atoms with van der Waals surface area (Å²) in [6.07, 6.45) is 0.692. The van der Waals surface area contributed by atoms with Crippen LogP contribution in [-0.2, 0) is 9.59 Å². The van der Waals surface area contributed by atoms with Gasteiger partial charge >= 0.3 is 0 Å². The van der Waals surface area contributed by atoms with Crippen LogP contribution >= 0.6 is 0 Å². The molecule has 5 nitrogen and oxygen atoms in total. The fourth-order valence-corrected chi connectivity index (χ4v) is 1.75. The van der Waals surface area contributed by atoms with E-state index in [2.05, 4.69) is 10.6 Å². The molecule has 114 valence electrons. The van der Waals surface area contributed by atoms with Crippen LogP contribution in [0.15, 0.2) is 18.2 Å². The predicted octanol–water partition coefficient (Wildman–Crippen LogP) is 3.22. The number of Topliss-reactive ketones (excluding diaryl/α,β-unsaturated/α-hetero) is 1. The van der Waals surface area contributed by atoms with Gasteiger partial charge in [0.25, 0.3) is 0 Å². The van der Waals surface area contributed by atoms with Gasteiger partial charge in [-0.25, -0.2) is 0 Å². The zero-order valence-corrected chi connectivity index (χ0v) is 12.9. The molecule has 2 amide bonds. The fraction of sp³-hybridized carbons (Fsp3) is 0.438. The largest absolute Gasteiger partial charge is 0.326 e. The van der Waals surface area contributed by atoms with Gasteiger partial charge in [-0.05, 0) is 18.2 Å². The summed E-state index contributed by atoms with van der Waals surface area (Å²) < 4.78 is 0. The van der Waals surface area contributed by atoms with Crippen LogP contribution < -0.4 is 10.6 Å². The Kier molecular flexibility index (Phi) is 6.09. The van der Waals surface area contributed by atoms with Crippen molar-refractivity contribution in [3.05, 3.63) is 23.8 Å². The van der Waals surface area contributed by atoms with Crippen LogP contribution in [0.25, 0.3) is 0 Å². The average Bonchev–Trinajstić information content (AvgIpc) is 2.45. The summed E-state index contributed by atoms with van der Waals surface area (Å²) in [4.78, 5) is 35.1. The summed E-state index contributed by atoms with van der Waals surface area (Å²) >= 11 is 0. The molecule has 0 unspecified atom stereocenters. The minimum Gasteiger partial charge on any atom is -0.326 e. The highest BCUT2D eigenvalue weighted by Gasteiger charge is 2.14. The van der Waals surface area contributed by atoms with Crippen molar-refractivity contribution in [3.63, 3.8) is 0 Å². The van der Waals surface area contributed by atoms with Crippen LogP contribution in [0.5, 0.6) is 0 Å². The molecule has 5 heteroatoms. The number of hydrogen-bond acceptors (Lipinski definition) is 3. The molecule has 1 aromatic rings. The summed E-state index contributed by atoms with van der Waals surface area (Å²) in [5.74, 6) is -0.472. The van der Waals surface area contributed by atoms with Gasteiger partial charge in [0.05, 0.1) is 0 Å². The molecule has 2 N–H and O–H groups in total. The second kappa shape index (κ2) is 7.57. The summed E-state index contributed by atoms with van der Waals surface area (Å²) in [7, 11) is 0. The van der Waals surface area contributed by atoms with Crippen molar-refractivity contribution in [2.24, 2.45) is 5.92 Å². The maximum atomic E-state index is 12.1. The summed E-state index contributed by atoms with van der Waals surface area (Å²) in [5.41, 5.74) is 1.50. The van der Waals surface area contributed by atoms with Crippen LogP contribution in [0.4, 0.5) is 11.4 Å². The lowest BCUT2D eigenvalue weighted by atomic mass is 10.00. The normalized spacial score (nSPS) is 10.3. The second-order valence-corrected chi connectivity index (χ2v) is 5.12. The van der Waals surface area contributed by atoms with Gasteiger partial charge in [-0.2, -0.15) is 0 Å². The van der Waals surface area contributed by atoms with Crippen LogP contribution in [0.1, 0.15) is 50.9 Å². The highest BCUT2D eigenvalue weighted by Crippen LogP contribution is 2.22. The first-order valence-corrected chi connectivity index (χ1v) is 7.16. The van der Waals surface area contributed by atoms with Gasteiger partial charge in [0, 0.05) is 35.7 Å². The van der Waals surface area contributed by atoms with E-state index in [4.69, 9.17) is 0 Å². The highest BCUT2D eigenvalue weighted by atomic mass is 16.2. The number of carbonyl (C=O) groups is 3. The standard InChI is InChI=1S/C16H22N2O3/c1-5-14(19)17-12-7-11(16(21)10(3)4)8-13(9-12)18-15(20)6-2/h7-10H,5-6H2,1-4H3,(H,17,19)(H,18,20). The molecular weight excluding hydrogens is 268 g/mol. The van der Waals surface area contributed by atoms with Crippen molar-refractivity contribution in [3.8, 4) is 0 Å². The Morgan fingerprint density at radius 3 is 1.67 bits per heavy atom. The average molecular weight is 290 g/mol. The van der Waals surface area contributed by atoms with Crippen molar-refractivity contribution in [1.82, 2.24) is 0 Å². The summed E-state index contributed by atoms with van der Waals surface area (Å²) in [6.45, 7) is 7.12. The van der Waals surface area contributed by atoms with E-state index < -0.39 is 0 Å². The quantitative estimate of drug-likeness (QED) is 0.790. The number of amides is 2. The van der Waals surface area contributed by atoms with E-state index in [1.165, 1.54) is 0 Å². The van der Waals surface area contributed by atoms with Gasteiger partial charge in [0.2, 0.25) is 11.8 Å². The number of rotatable bonds is 6. The predicted molar refractivity (Wildman–Crippen MR) is 83.5 cm³/mol. The van der Waals surface area contributed by atoms with Gasteiger partial charge in [-0.15, -0.1) is 0 Å². The summed E-state index contributed by atoms with van der Waals surface area (Å²) in [5, 5.41) is 5.43. The first kappa shape index (κ1) is 16.9. The monoisotopic (exact) mass is 290 g/mol. The number of carbonyl (C=O) groups excluding carboxylic acids is 3. The van der Waals surface area contributed by atoms with Gasteiger partial charge in [0.15, 0.2) is 5.78 Å². The van der Waals surface area contributed by atoms with E-state index in [1.807, 2.05) is 13.8 Å². The molecule has 0 saturated carbocycles. The number of ketones is 1. The van der Waals surface area contributed by atoms with Crippen molar-refractivity contribution in [1.29, 1.82) is 0 Å². The fourth-order valence-electron chi connectivity index (χ4n) is 1.75. The molecule has 0 fully saturated rings. The Bertz CT molecular complexity index is 514. The Morgan fingerprint density at radius 2 is 1.33 bits per heavy atom. The Labute approximate surface area is 125 Å². The Morgan fingerprint density at radius 1 is 0.905 bits per heavy atom. The second-order valence-electron chi connectivity index (χ2n) is 5.12. The Balaban J connectivity index is 3.15. The molecule has 0 aliphatic rings. The first-order chi connectivity index (χ1) is 9.87. The third-order valence-corrected chi connectivity index (χ3v) is 2.95. The van der Waals surface area contributed by atoms with Crippen molar-refractivity contribution in [2.75, 3.05) is 10.6 Å². The van der Waals surface area contributed by atoms with E-state index in [9.17, 15) is 14.4 Å². The topological polar surface area (TPSA) is 75.3 Å². The first-order valence-electron chi connectivity index (χ1n) is 7.16. The summed E-state index contributed by atoms with van der Waals surface area (Å²) in [6, 6.07) is 4.92. The maximum Gasteiger partial charge on any atom is 0.224 e. The molecule has 0 aliphatic carbocycles. The minimum atomic E-state index is -0.156. The number of anilines is 2. The van der Waals surface area contributed by atoms with Crippen molar-refractivity contribution in [2.45, 2.75) is 40.5 Å². The number of hydrogen-bond donors (Lipinski definition) is 2. The molecule has 0 bridgehead atoms. The molecule has 0 aromatic heterocycles. The van der Waals surface area contributed by atoms with Gasteiger partial charge in [0.1, 0.15) is 0 Å². The molecule has 0 heterocycles. The van der Waals surface area contributed by atoms with E-state index >= 15 is 0 Å². The Hall–Kier alpha value is -2.17. The zero-order valence-electron chi connectivity index (χ0n) is 12.9. The van der Waals surface area contributed by atoms with Crippen LogP contribution in [-0.4, -0.2) is 17.6 Å². The third-order valence-electron chi connectivity index (χ3n) is 2.95. The van der Waals surface area contributed by atoms with Crippen molar-refractivity contribution < 1.29 is 14.4 Å². The molecule has 1 rings (SSSR count). The SMILES string of the molecule is CCC(=O)Nc1cc(NC(=O)CC)cc(C(=O)C(C)C)c1. The minimum absolute atomic E-state index is 0.0328. The van der Waals surface area contributed by atoms with Crippen molar-refractivity contribution >= 4 is 29.0 Å². The van der Waals surface area contributed by atoms with Crippen LogP contribution in [0.2, 0.25) is 0 Å². The van der Waals surface area contributed by atoms with E-state index in [0.29, 0.717) is 29.8 Å². The van der Waals surface area contributed by atoms with Gasteiger partial charge in [-0.3, -0.25) is 14.4 Å². The van der Waals surface area contributed by atoms with E-state index in [0.717, 1.165) is 0 Å². The molecule has 0 aliphatic heterocycles. The molecule has 0 radical (unpaired) electrons. The third kappa shape index (κ3) is 5.02. The lowest BCUT2D eigenvalue weighted by molar-refractivity contribution is -0.116. The molecular formula is C16H22N2O3. The molecule has 0 saturated heterocycles. The van der Waals surface area contributed by atoms with Gasteiger partial charge in [-0.1, -0.05) is 27.7 Å². The molecule has 21 heavy (non-hydrogen) atoms.